The zero-order valence-corrected chi connectivity index (χ0v) is 13.5. The predicted molar refractivity (Wildman–Crippen MR) is 81.0 cm³/mol. The highest BCUT2D eigenvalue weighted by molar-refractivity contribution is 9.09. The quantitative estimate of drug-likeness (QED) is 0.851. The van der Waals surface area contributed by atoms with Gasteiger partial charge in [-0.1, -0.05) is 34.5 Å². The molecule has 1 fully saturated rings. The Hall–Kier alpha value is -0.390. The van der Waals surface area contributed by atoms with E-state index in [-0.39, 0.29) is 6.04 Å². The monoisotopic (exact) mass is 345 g/mol. The summed E-state index contributed by atoms with van der Waals surface area (Å²) >= 11 is 3.50. The molecule has 0 amide bonds. The first-order valence-corrected chi connectivity index (χ1v) is 9.26. The number of rotatable bonds is 4. The lowest BCUT2D eigenvalue weighted by Gasteiger charge is -2.28. The summed E-state index contributed by atoms with van der Waals surface area (Å²) in [6, 6.07) is 7.13. The number of sulfonamides is 1. The van der Waals surface area contributed by atoms with Gasteiger partial charge in [0.25, 0.3) is 0 Å². The van der Waals surface area contributed by atoms with Crippen molar-refractivity contribution in [3.8, 4) is 0 Å². The Kier molecular flexibility index (Phi) is 5.03. The van der Waals surface area contributed by atoms with Gasteiger partial charge in [-0.15, -0.1) is 0 Å². The fraction of sp³-hybridized carbons (Fsp3) is 0.571. The highest BCUT2D eigenvalue weighted by Crippen LogP contribution is 2.26. The van der Waals surface area contributed by atoms with Crippen LogP contribution in [-0.4, -0.2) is 19.8 Å². The average molecular weight is 346 g/mol. The molecule has 0 heterocycles. The van der Waals surface area contributed by atoms with Crippen LogP contribution in [0.15, 0.2) is 29.2 Å². The van der Waals surface area contributed by atoms with Gasteiger partial charge in [-0.05, 0) is 49.8 Å². The molecule has 1 aromatic rings. The first-order valence-electron chi connectivity index (χ1n) is 6.66. The molecule has 0 aliphatic heterocycles. The van der Waals surface area contributed by atoms with Crippen LogP contribution in [0.2, 0.25) is 0 Å². The van der Waals surface area contributed by atoms with E-state index in [9.17, 15) is 8.42 Å². The molecule has 19 heavy (non-hydrogen) atoms. The summed E-state index contributed by atoms with van der Waals surface area (Å²) in [5.74, 6) is 0.582. The number of hydrogen-bond acceptors (Lipinski definition) is 2. The molecule has 1 aliphatic carbocycles. The standard InChI is InChI=1S/C14H20BrNO2S/c1-11-4-2-7-14(8-11)19(17,18)16-13-6-3-5-12(9-13)10-15/h2,4,7-8,12-13,16H,3,5-6,9-10H2,1H3. The van der Waals surface area contributed by atoms with Gasteiger partial charge in [0, 0.05) is 11.4 Å². The van der Waals surface area contributed by atoms with Crippen molar-refractivity contribution >= 4 is 26.0 Å². The van der Waals surface area contributed by atoms with Crippen LogP contribution in [0.3, 0.4) is 0 Å². The summed E-state index contributed by atoms with van der Waals surface area (Å²) in [4.78, 5) is 0.369. The van der Waals surface area contributed by atoms with Crippen molar-refractivity contribution in [2.75, 3.05) is 5.33 Å². The van der Waals surface area contributed by atoms with Crippen LogP contribution < -0.4 is 4.72 Å². The van der Waals surface area contributed by atoms with Crippen molar-refractivity contribution in [1.82, 2.24) is 4.72 Å². The van der Waals surface area contributed by atoms with Crippen LogP contribution in [0.1, 0.15) is 31.2 Å². The second-order valence-corrected chi connectivity index (χ2v) is 7.68. The molecule has 0 bridgehead atoms. The Labute approximate surface area is 124 Å². The van der Waals surface area contributed by atoms with Gasteiger partial charge in [-0.25, -0.2) is 13.1 Å². The maximum atomic E-state index is 12.3. The number of nitrogens with one attached hydrogen (secondary N) is 1. The van der Waals surface area contributed by atoms with Gasteiger partial charge >= 0.3 is 0 Å². The fourth-order valence-electron chi connectivity index (χ4n) is 2.61. The van der Waals surface area contributed by atoms with E-state index < -0.39 is 10.0 Å². The summed E-state index contributed by atoms with van der Waals surface area (Å²) in [5.41, 5.74) is 0.963. The van der Waals surface area contributed by atoms with Crippen molar-refractivity contribution in [1.29, 1.82) is 0 Å². The summed E-state index contributed by atoms with van der Waals surface area (Å²) < 4.78 is 27.5. The molecular weight excluding hydrogens is 326 g/mol. The molecule has 2 unspecified atom stereocenters. The summed E-state index contributed by atoms with van der Waals surface area (Å²) in [6.07, 6.45) is 4.15. The Balaban J connectivity index is 2.09. The molecule has 1 saturated carbocycles. The highest BCUT2D eigenvalue weighted by Gasteiger charge is 2.25. The van der Waals surface area contributed by atoms with Crippen LogP contribution in [0.4, 0.5) is 0 Å². The van der Waals surface area contributed by atoms with Gasteiger partial charge in [0.05, 0.1) is 4.90 Å². The Morgan fingerprint density at radius 3 is 2.84 bits per heavy atom. The molecule has 106 valence electrons. The zero-order chi connectivity index (χ0) is 13.9. The Bertz CT molecular complexity index is 530. The Morgan fingerprint density at radius 2 is 2.16 bits per heavy atom. The second kappa shape index (κ2) is 6.37. The van der Waals surface area contributed by atoms with E-state index in [0.29, 0.717) is 10.8 Å². The molecule has 2 rings (SSSR count). The third-order valence-electron chi connectivity index (χ3n) is 3.62. The average Bonchev–Trinajstić information content (AvgIpc) is 2.38. The van der Waals surface area contributed by atoms with Gasteiger partial charge < -0.3 is 0 Å². The lowest BCUT2D eigenvalue weighted by Crippen LogP contribution is -2.38. The van der Waals surface area contributed by atoms with E-state index in [1.807, 2.05) is 13.0 Å². The fourth-order valence-corrected chi connectivity index (χ4v) is 4.58. The normalized spacial score (nSPS) is 24.3. The molecule has 1 aliphatic rings. The minimum atomic E-state index is -3.38. The van der Waals surface area contributed by atoms with E-state index >= 15 is 0 Å². The largest absolute Gasteiger partial charge is 0.240 e. The highest BCUT2D eigenvalue weighted by atomic mass is 79.9. The molecule has 0 spiro atoms. The minimum absolute atomic E-state index is 0.0711. The van der Waals surface area contributed by atoms with Crippen molar-refractivity contribution in [2.24, 2.45) is 5.92 Å². The first kappa shape index (κ1) is 15.0. The molecule has 3 nitrogen and oxygen atoms in total. The van der Waals surface area contributed by atoms with Crippen molar-refractivity contribution in [2.45, 2.75) is 43.5 Å². The van der Waals surface area contributed by atoms with Gasteiger partial charge in [0.2, 0.25) is 10.0 Å². The van der Waals surface area contributed by atoms with Crippen LogP contribution in [0.5, 0.6) is 0 Å². The number of hydrogen-bond donors (Lipinski definition) is 1. The molecular formula is C14H20BrNO2S. The second-order valence-electron chi connectivity index (χ2n) is 5.32. The topological polar surface area (TPSA) is 46.2 Å². The van der Waals surface area contributed by atoms with E-state index in [0.717, 1.165) is 30.2 Å². The summed E-state index contributed by atoms with van der Waals surface area (Å²) in [5, 5.41) is 0.954. The van der Waals surface area contributed by atoms with Crippen molar-refractivity contribution < 1.29 is 8.42 Å². The van der Waals surface area contributed by atoms with Crippen LogP contribution >= 0.6 is 15.9 Å². The molecule has 1 N–H and O–H groups in total. The number of halogens is 1. The van der Waals surface area contributed by atoms with Gasteiger partial charge in [0.15, 0.2) is 0 Å². The van der Waals surface area contributed by atoms with Crippen LogP contribution in [-0.2, 0) is 10.0 Å². The lowest BCUT2D eigenvalue weighted by atomic mass is 9.88. The zero-order valence-electron chi connectivity index (χ0n) is 11.1. The summed E-state index contributed by atoms with van der Waals surface area (Å²) in [7, 11) is -3.38. The maximum Gasteiger partial charge on any atom is 0.240 e. The maximum absolute atomic E-state index is 12.3. The molecule has 2 atom stereocenters. The summed E-state index contributed by atoms with van der Waals surface area (Å²) in [6.45, 7) is 1.90. The van der Waals surface area contributed by atoms with E-state index in [2.05, 4.69) is 20.7 Å². The van der Waals surface area contributed by atoms with Crippen molar-refractivity contribution in [3.05, 3.63) is 29.8 Å². The number of alkyl halides is 1. The molecule has 0 aromatic heterocycles. The third-order valence-corrected chi connectivity index (χ3v) is 6.06. The number of benzene rings is 1. The van der Waals surface area contributed by atoms with E-state index in [4.69, 9.17) is 0 Å². The molecule has 0 saturated heterocycles. The third kappa shape index (κ3) is 4.04. The van der Waals surface area contributed by atoms with Gasteiger partial charge in [-0.3, -0.25) is 0 Å². The lowest BCUT2D eigenvalue weighted by molar-refractivity contribution is 0.333. The van der Waals surface area contributed by atoms with E-state index in [1.54, 1.807) is 18.2 Å². The van der Waals surface area contributed by atoms with Crippen LogP contribution in [0.25, 0.3) is 0 Å². The van der Waals surface area contributed by atoms with E-state index in [1.165, 1.54) is 6.42 Å². The van der Waals surface area contributed by atoms with Gasteiger partial charge in [0.1, 0.15) is 0 Å². The smallest absolute Gasteiger partial charge is 0.208 e. The molecule has 1 aromatic carbocycles. The number of aryl methyl sites for hydroxylation is 1. The Morgan fingerprint density at radius 1 is 1.37 bits per heavy atom. The van der Waals surface area contributed by atoms with Gasteiger partial charge in [-0.2, -0.15) is 0 Å². The first-order chi connectivity index (χ1) is 9.01. The van der Waals surface area contributed by atoms with Crippen LogP contribution in [0, 0.1) is 12.8 Å². The SMILES string of the molecule is Cc1cccc(S(=O)(=O)NC2CCCC(CBr)C2)c1. The molecule has 0 radical (unpaired) electrons. The van der Waals surface area contributed by atoms with Crippen molar-refractivity contribution in [3.63, 3.8) is 0 Å². The predicted octanol–water partition coefficient (Wildman–Crippen LogP) is 3.23. The minimum Gasteiger partial charge on any atom is -0.208 e. The molecule has 5 heteroatoms.